The first kappa shape index (κ1) is 16.2. The minimum atomic E-state index is -0.168. The van der Waals surface area contributed by atoms with Gasteiger partial charge in [0.05, 0.1) is 7.11 Å². The van der Waals surface area contributed by atoms with E-state index in [1.807, 2.05) is 13.8 Å². The zero-order valence-electron chi connectivity index (χ0n) is 11.9. The van der Waals surface area contributed by atoms with E-state index in [4.69, 9.17) is 27.4 Å². The number of nitrogens with two attached hydrogens (primary N) is 1. The number of hydrogen-bond donors (Lipinski definition) is 2. The maximum atomic E-state index is 11.6. The molecule has 1 amide bonds. The van der Waals surface area contributed by atoms with Crippen LogP contribution in [-0.4, -0.2) is 30.7 Å². The average Bonchev–Trinajstić information content (AvgIpc) is 2.44. The third-order valence-electron chi connectivity index (χ3n) is 2.79. The van der Waals surface area contributed by atoms with Crippen LogP contribution in [0.5, 0.6) is 11.5 Å². The number of amides is 1. The highest BCUT2D eigenvalue weighted by Gasteiger charge is 2.08. The van der Waals surface area contributed by atoms with Crippen molar-refractivity contribution in [2.45, 2.75) is 26.3 Å². The van der Waals surface area contributed by atoms with Gasteiger partial charge < -0.3 is 20.5 Å². The van der Waals surface area contributed by atoms with Gasteiger partial charge in [0.25, 0.3) is 5.91 Å². The fourth-order valence-electron chi connectivity index (χ4n) is 1.48. The molecule has 0 saturated carbocycles. The fraction of sp³-hybridized carbons (Fsp3) is 0.429. The van der Waals surface area contributed by atoms with Gasteiger partial charge in [-0.15, -0.1) is 0 Å². The summed E-state index contributed by atoms with van der Waals surface area (Å²) in [5.41, 5.74) is 6.22. The summed E-state index contributed by atoms with van der Waals surface area (Å²) in [6.45, 7) is 3.88. The Hall–Kier alpha value is -1.82. The first-order valence-electron chi connectivity index (χ1n) is 6.37. The van der Waals surface area contributed by atoms with Crippen LogP contribution in [0.2, 0.25) is 0 Å². The molecule has 1 rings (SSSR count). The monoisotopic (exact) mass is 296 g/mol. The molecule has 0 aromatic heterocycles. The molecule has 110 valence electrons. The van der Waals surface area contributed by atoms with Crippen molar-refractivity contribution in [1.29, 1.82) is 0 Å². The van der Waals surface area contributed by atoms with Gasteiger partial charge in [0, 0.05) is 17.7 Å². The normalized spacial score (nSPS) is 11.6. The Bertz CT molecular complexity index is 491. The van der Waals surface area contributed by atoms with Crippen molar-refractivity contribution in [3.05, 3.63) is 23.8 Å². The van der Waals surface area contributed by atoms with Crippen LogP contribution in [0.25, 0.3) is 0 Å². The lowest BCUT2D eigenvalue weighted by atomic mass is 10.2. The van der Waals surface area contributed by atoms with Crippen molar-refractivity contribution in [1.82, 2.24) is 5.32 Å². The summed E-state index contributed by atoms with van der Waals surface area (Å²) in [4.78, 5) is 11.9. The molecule has 0 aliphatic carbocycles. The van der Waals surface area contributed by atoms with Gasteiger partial charge in [0.1, 0.15) is 16.5 Å². The average molecular weight is 296 g/mol. The van der Waals surface area contributed by atoms with Crippen LogP contribution < -0.4 is 20.5 Å². The number of hydrogen-bond acceptors (Lipinski definition) is 4. The number of methoxy groups -OCH3 is 1. The molecule has 0 heterocycles. The minimum Gasteiger partial charge on any atom is -0.497 e. The van der Waals surface area contributed by atoms with Gasteiger partial charge in [0.15, 0.2) is 6.61 Å². The first-order chi connectivity index (χ1) is 9.46. The second-order valence-corrected chi connectivity index (χ2v) is 4.87. The summed E-state index contributed by atoms with van der Waals surface area (Å²) in [5, 5.41) is 2.82. The van der Waals surface area contributed by atoms with Crippen molar-refractivity contribution >= 4 is 23.1 Å². The van der Waals surface area contributed by atoms with Gasteiger partial charge in [-0.05, 0) is 25.5 Å². The number of thiocarbonyl (C=S) groups is 1. The zero-order valence-corrected chi connectivity index (χ0v) is 12.8. The van der Waals surface area contributed by atoms with Crippen LogP contribution >= 0.6 is 12.2 Å². The van der Waals surface area contributed by atoms with Gasteiger partial charge in [-0.1, -0.05) is 19.1 Å². The molecular formula is C14H20N2O3S. The third kappa shape index (κ3) is 5.05. The number of carbonyl (C=O) groups is 1. The van der Waals surface area contributed by atoms with E-state index in [-0.39, 0.29) is 23.5 Å². The highest BCUT2D eigenvalue weighted by molar-refractivity contribution is 7.80. The molecule has 1 aromatic carbocycles. The smallest absolute Gasteiger partial charge is 0.258 e. The molecular weight excluding hydrogens is 276 g/mol. The van der Waals surface area contributed by atoms with Crippen molar-refractivity contribution in [3.8, 4) is 11.5 Å². The Morgan fingerprint density at radius 2 is 2.05 bits per heavy atom. The molecule has 0 aliphatic heterocycles. The summed E-state index contributed by atoms with van der Waals surface area (Å²) in [5.74, 6) is 0.901. The molecule has 0 radical (unpaired) electrons. The van der Waals surface area contributed by atoms with Gasteiger partial charge in [-0.25, -0.2) is 0 Å². The summed E-state index contributed by atoms with van der Waals surface area (Å²) in [7, 11) is 1.54. The molecule has 6 heteroatoms. The van der Waals surface area contributed by atoms with E-state index in [1.165, 1.54) is 7.11 Å². The van der Waals surface area contributed by atoms with Crippen LogP contribution in [0.4, 0.5) is 0 Å². The molecule has 20 heavy (non-hydrogen) atoms. The maximum absolute atomic E-state index is 11.6. The fourth-order valence-corrected chi connectivity index (χ4v) is 1.60. The van der Waals surface area contributed by atoms with E-state index >= 15 is 0 Å². The molecule has 0 bridgehead atoms. The van der Waals surface area contributed by atoms with Crippen molar-refractivity contribution in [2.75, 3.05) is 13.7 Å². The summed E-state index contributed by atoms with van der Waals surface area (Å²) < 4.78 is 10.6. The molecule has 1 atom stereocenters. The summed E-state index contributed by atoms with van der Waals surface area (Å²) in [6, 6.07) is 5.21. The Morgan fingerprint density at radius 3 is 2.60 bits per heavy atom. The summed E-state index contributed by atoms with van der Waals surface area (Å²) >= 11 is 4.93. The van der Waals surface area contributed by atoms with Gasteiger partial charge in [0.2, 0.25) is 0 Å². The summed E-state index contributed by atoms with van der Waals surface area (Å²) in [6.07, 6.45) is 0.872. The minimum absolute atomic E-state index is 0.0612. The van der Waals surface area contributed by atoms with Crippen LogP contribution in [-0.2, 0) is 4.79 Å². The van der Waals surface area contributed by atoms with Crippen molar-refractivity contribution in [2.24, 2.45) is 5.73 Å². The molecule has 3 N–H and O–H groups in total. The van der Waals surface area contributed by atoms with Crippen molar-refractivity contribution < 1.29 is 14.3 Å². The predicted molar refractivity (Wildman–Crippen MR) is 82.3 cm³/mol. The number of carbonyl (C=O) groups excluding carboxylic acids is 1. The van der Waals surface area contributed by atoms with Crippen molar-refractivity contribution in [3.63, 3.8) is 0 Å². The molecule has 5 nitrogen and oxygen atoms in total. The van der Waals surface area contributed by atoms with E-state index < -0.39 is 0 Å². The second kappa shape index (κ2) is 7.69. The lowest BCUT2D eigenvalue weighted by Gasteiger charge is -2.13. The van der Waals surface area contributed by atoms with Crippen LogP contribution in [0.15, 0.2) is 18.2 Å². The Kier molecular flexibility index (Phi) is 6.24. The number of nitrogens with one attached hydrogen (secondary N) is 1. The lowest BCUT2D eigenvalue weighted by molar-refractivity contribution is -0.123. The van der Waals surface area contributed by atoms with Gasteiger partial charge in [-0.3, -0.25) is 4.79 Å². The van der Waals surface area contributed by atoms with E-state index in [1.54, 1.807) is 18.2 Å². The zero-order chi connectivity index (χ0) is 15.1. The number of benzene rings is 1. The highest BCUT2D eigenvalue weighted by Crippen LogP contribution is 2.22. The second-order valence-electron chi connectivity index (χ2n) is 4.43. The quantitative estimate of drug-likeness (QED) is 0.748. The lowest BCUT2D eigenvalue weighted by Crippen LogP contribution is -2.35. The number of ether oxygens (including phenoxy) is 2. The van der Waals surface area contributed by atoms with Gasteiger partial charge >= 0.3 is 0 Å². The van der Waals surface area contributed by atoms with Crippen LogP contribution in [0, 0.1) is 0 Å². The molecule has 0 saturated heterocycles. The van der Waals surface area contributed by atoms with E-state index in [9.17, 15) is 4.79 Å². The molecule has 0 fully saturated rings. The van der Waals surface area contributed by atoms with Gasteiger partial charge in [-0.2, -0.15) is 0 Å². The molecule has 1 unspecified atom stereocenters. The molecule has 0 spiro atoms. The topological polar surface area (TPSA) is 73.6 Å². The Morgan fingerprint density at radius 1 is 1.40 bits per heavy atom. The van der Waals surface area contributed by atoms with E-state index in [2.05, 4.69) is 5.32 Å². The third-order valence-corrected chi connectivity index (χ3v) is 3.03. The van der Waals surface area contributed by atoms with Crippen LogP contribution in [0.1, 0.15) is 25.8 Å². The SMILES string of the molecule is CCC(C)NC(=O)COc1cc(OC)cc(C(N)=S)c1. The van der Waals surface area contributed by atoms with Crippen LogP contribution in [0.3, 0.4) is 0 Å². The predicted octanol–water partition coefficient (Wildman–Crippen LogP) is 1.62. The first-order valence-corrected chi connectivity index (χ1v) is 6.78. The largest absolute Gasteiger partial charge is 0.497 e. The van der Waals surface area contributed by atoms with E-state index in [0.717, 1.165) is 6.42 Å². The highest BCUT2D eigenvalue weighted by atomic mass is 32.1. The van der Waals surface area contributed by atoms with E-state index in [0.29, 0.717) is 17.1 Å². The standard InChI is InChI=1S/C14H20N2O3S/c1-4-9(2)16-13(17)8-19-12-6-10(14(15)20)5-11(7-12)18-3/h5-7,9H,4,8H2,1-3H3,(H2,15,20)(H,16,17). The molecule has 0 aliphatic rings. The Labute approximate surface area is 124 Å². The maximum Gasteiger partial charge on any atom is 0.258 e. The Balaban J connectivity index is 2.70. The number of rotatable bonds is 7. The molecule has 1 aromatic rings.